The van der Waals surface area contributed by atoms with Crippen LogP contribution in [0.1, 0.15) is 32.0 Å². The van der Waals surface area contributed by atoms with E-state index >= 15 is 0 Å². The van der Waals surface area contributed by atoms with Crippen LogP contribution in [0.15, 0.2) is 65.3 Å². The average molecular weight is 404 g/mol. The highest BCUT2D eigenvalue weighted by Gasteiger charge is 2.15. The predicted octanol–water partition coefficient (Wildman–Crippen LogP) is 4.04. The van der Waals surface area contributed by atoms with Gasteiger partial charge < -0.3 is 16.0 Å². The molecule has 156 valence electrons. The fourth-order valence-corrected chi connectivity index (χ4v) is 2.93. The first-order valence-corrected chi connectivity index (χ1v) is 9.90. The van der Waals surface area contributed by atoms with E-state index in [0.717, 1.165) is 28.5 Å². The van der Waals surface area contributed by atoms with Crippen molar-refractivity contribution in [1.82, 2.24) is 15.6 Å². The van der Waals surface area contributed by atoms with E-state index in [1.54, 1.807) is 13.1 Å². The molecule has 1 amide bonds. The summed E-state index contributed by atoms with van der Waals surface area (Å²) >= 11 is 0. The molecule has 0 fully saturated rings. The van der Waals surface area contributed by atoms with Crippen molar-refractivity contribution in [3.8, 4) is 0 Å². The van der Waals surface area contributed by atoms with Gasteiger partial charge in [-0.25, -0.2) is 9.98 Å². The van der Waals surface area contributed by atoms with Crippen LogP contribution in [-0.2, 0) is 11.2 Å². The highest BCUT2D eigenvalue weighted by atomic mass is 16.1. The number of aliphatic imine (C=N–C) groups is 1. The van der Waals surface area contributed by atoms with Gasteiger partial charge in [-0.15, -0.1) is 0 Å². The van der Waals surface area contributed by atoms with Crippen LogP contribution >= 0.6 is 0 Å². The van der Waals surface area contributed by atoms with Crippen molar-refractivity contribution in [2.24, 2.45) is 4.99 Å². The fraction of sp³-hybridized carbons (Fsp3) is 0.250. The number of fused-ring (bicyclic) bond motifs is 1. The summed E-state index contributed by atoms with van der Waals surface area (Å²) in [7, 11) is 1.75. The topological polar surface area (TPSA) is 90.2 Å². The molecule has 0 radical (unpaired) electrons. The van der Waals surface area contributed by atoms with Gasteiger partial charge in [-0.1, -0.05) is 24.3 Å². The number of nitrogens with zero attached hydrogens (tertiary/aromatic N) is 2. The third-order valence-corrected chi connectivity index (χ3v) is 4.19. The molecule has 1 aromatic heterocycles. The molecule has 0 aliphatic carbocycles. The second-order valence-electron chi connectivity index (χ2n) is 7.05. The van der Waals surface area contributed by atoms with Crippen LogP contribution in [0.5, 0.6) is 0 Å². The molecule has 0 saturated heterocycles. The van der Waals surface area contributed by atoms with Crippen molar-refractivity contribution >= 4 is 34.9 Å². The van der Waals surface area contributed by atoms with E-state index in [1.165, 1.54) is 18.8 Å². The SMILES string of the molecule is C/C=C/C(=C\C=N)Cc1ccc2nc(/C(=C/N=C\NC)C(=O)NC(C)C)ccc2c1. The van der Waals surface area contributed by atoms with Gasteiger partial charge in [0.05, 0.1) is 23.1 Å². The Morgan fingerprint density at radius 1 is 1.27 bits per heavy atom. The van der Waals surface area contributed by atoms with E-state index in [9.17, 15) is 4.79 Å². The summed E-state index contributed by atoms with van der Waals surface area (Å²) in [6, 6.07) is 9.89. The summed E-state index contributed by atoms with van der Waals surface area (Å²) < 4.78 is 0. The van der Waals surface area contributed by atoms with E-state index in [0.29, 0.717) is 11.3 Å². The van der Waals surface area contributed by atoms with Crippen LogP contribution in [0.2, 0.25) is 0 Å². The highest BCUT2D eigenvalue weighted by Crippen LogP contribution is 2.21. The first kappa shape index (κ1) is 22.7. The normalized spacial score (nSPS) is 12.8. The van der Waals surface area contributed by atoms with Crippen molar-refractivity contribution in [3.63, 3.8) is 0 Å². The Morgan fingerprint density at radius 3 is 2.73 bits per heavy atom. The lowest BCUT2D eigenvalue weighted by atomic mass is 10.0. The Morgan fingerprint density at radius 2 is 2.07 bits per heavy atom. The third kappa shape index (κ3) is 6.51. The summed E-state index contributed by atoms with van der Waals surface area (Å²) in [5, 5.41) is 14.0. The minimum atomic E-state index is -0.213. The van der Waals surface area contributed by atoms with E-state index in [-0.39, 0.29) is 11.9 Å². The number of hydrogen-bond donors (Lipinski definition) is 3. The number of allylic oxidation sites excluding steroid dienone is 4. The largest absolute Gasteiger partial charge is 0.379 e. The fourth-order valence-electron chi connectivity index (χ4n) is 2.93. The molecule has 1 aromatic carbocycles. The van der Waals surface area contributed by atoms with E-state index in [1.807, 2.05) is 57.2 Å². The summed E-state index contributed by atoms with van der Waals surface area (Å²) in [6.07, 6.45) is 10.8. The smallest absolute Gasteiger partial charge is 0.255 e. The maximum Gasteiger partial charge on any atom is 0.255 e. The van der Waals surface area contributed by atoms with Crippen molar-refractivity contribution in [2.75, 3.05) is 7.05 Å². The molecule has 6 nitrogen and oxygen atoms in total. The monoisotopic (exact) mass is 403 g/mol. The molecule has 0 saturated carbocycles. The lowest BCUT2D eigenvalue weighted by Crippen LogP contribution is -2.31. The quantitative estimate of drug-likeness (QED) is 0.255. The lowest BCUT2D eigenvalue weighted by molar-refractivity contribution is -0.116. The number of aromatic nitrogens is 1. The van der Waals surface area contributed by atoms with Crippen molar-refractivity contribution in [3.05, 3.63) is 71.6 Å². The van der Waals surface area contributed by atoms with Gasteiger partial charge in [-0.2, -0.15) is 0 Å². The number of rotatable bonds is 9. The average Bonchev–Trinajstić information content (AvgIpc) is 2.71. The lowest BCUT2D eigenvalue weighted by Gasteiger charge is -2.11. The van der Waals surface area contributed by atoms with Crippen LogP contribution in [0.4, 0.5) is 0 Å². The molecule has 0 atom stereocenters. The van der Waals surface area contributed by atoms with Gasteiger partial charge in [0, 0.05) is 30.9 Å². The van der Waals surface area contributed by atoms with E-state index < -0.39 is 0 Å². The maximum absolute atomic E-state index is 12.6. The molecule has 3 N–H and O–H groups in total. The summed E-state index contributed by atoms with van der Waals surface area (Å²) in [6.45, 7) is 5.79. The van der Waals surface area contributed by atoms with Crippen LogP contribution in [0.3, 0.4) is 0 Å². The Bertz CT molecular complexity index is 1020. The maximum atomic E-state index is 12.6. The van der Waals surface area contributed by atoms with Gasteiger partial charge in [0.15, 0.2) is 0 Å². The van der Waals surface area contributed by atoms with Crippen molar-refractivity contribution in [1.29, 1.82) is 5.41 Å². The Kier molecular flexibility index (Phi) is 8.69. The molecule has 0 spiro atoms. The van der Waals surface area contributed by atoms with Gasteiger partial charge in [-0.05, 0) is 62.6 Å². The second-order valence-corrected chi connectivity index (χ2v) is 7.05. The minimum Gasteiger partial charge on any atom is -0.379 e. The minimum absolute atomic E-state index is 0.0116. The molecular formula is C24H29N5O. The van der Waals surface area contributed by atoms with E-state index in [4.69, 9.17) is 5.41 Å². The van der Waals surface area contributed by atoms with Gasteiger partial charge in [-0.3, -0.25) is 4.79 Å². The number of carbonyl (C=O) groups excluding carboxylic acids is 1. The third-order valence-electron chi connectivity index (χ3n) is 4.19. The predicted molar refractivity (Wildman–Crippen MR) is 126 cm³/mol. The summed E-state index contributed by atoms with van der Waals surface area (Å²) in [5.74, 6) is -0.213. The van der Waals surface area contributed by atoms with Gasteiger partial charge in [0.25, 0.3) is 5.91 Å². The van der Waals surface area contributed by atoms with Crippen LogP contribution in [0, 0.1) is 5.41 Å². The number of nitrogens with one attached hydrogen (secondary N) is 3. The van der Waals surface area contributed by atoms with Crippen LogP contribution < -0.4 is 10.6 Å². The standard InChI is InChI=1S/C24H29N5O/c1-5-6-18(11-12-25)13-19-7-9-22-20(14-19)8-10-23(29-22)21(15-27-16-26-4)24(30)28-17(2)3/h5-12,14-17,25H,13H2,1-4H3,(H,26,27)(H,28,30)/b6-5+,18-11+,21-15-,25-12?. The molecule has 0 bridgehead atoms. The van der Waals surface area contributed by atoms with Gasteiger partial charge in [0.1, 0.15) is 0 Å². The number of benzene rings is 1. The Labute approximate surface area is 178 Å². The molecule has 6 heteroatoms. The molecule has 30 heavy (non-hydrogen) atoms. The molecule has 2 rings (SSSR count). The van der Waals surface area contributed by atoms with Crippen LogP contribution in [-0.4, -0.2) is 36.5 Å². The first-order chi connectivity index (χ1) is 14.5. The molecule has 0 aliphatic heterocycles. The molecule has 0 aliphatic rings. The zero-order valence-corrected chi connectivity index (χ0v) is 17.9. The molecule has 0 unspecified atom stereocenters. The van der Waals surface area contributed by atoms with Crippen molar-refractivity contribution < 1.29 is 4.79 Å². The van der Waals surface area contributed by atoms with Gasteiger partial charge in [0.2, 0.25) is 0 Å². The second kappa shape index (κ2) is 11.5. The molecular weight excluding hydrogens is 374 g/mol. The zero-order valence-electron chi connectivity index (χ0n) is 17.9. The summed E-state index contributed by atoms with van der Waals surface area (Å²) in [5.41, 5.74) is 3.98. The highest BCUT2D eigenvalue weighted by molar-refractivity contribution is 6.19. The zero-order chi connectivity index (χ0) is 21.9. The number of amides is 1. The molecule has 2 aromatic rings. The summed E-state index contributed by atoms with van der Waals surface area (Å²) in [4.78, 5) is 21.5. The van der Waals surface area contributed by atoms with Gasteiger partial charge >= 0.3 is 0 Å². The number of carbonyl (C=O) groups is 1. The molecule has 1 heterocycles. The number of pyridine rings is 1. The van der Waals surface area contributed by atoms with Crippen molar-refractivity contribution in [2.45, 2.75) is 33.2 Å². The van der Waals surface area contributed by atoms with E-state index in [2.05, 4.69) is 26.7 Å². The first-order valence-electron chi connectivity index (χ1n) is 9.90. The number of hydrogen-bond acceptors (Lipinski definition) is 4. The Balaban J connectivity index is 2.39. The Hall–Kier alpha value is -3.54. The van der Waals surface area contributed by atoms with Crippen LogP contribution in [0.25, 0.3) is 16.5 Å².